The van der Waals surface area contributed by atoms with Gasteiger partial charge in [-0.25, -0.2) is 4.98 Å². The van der Waals surface area contributed by atoms with E-state index >= 15 is 0 Å². The third kappa shape index (κ3) is 5.68. The Bertz CT molecular complexity index is 995. The van der Waals surface area contributed by atoms with Crippen LogP contribution >= 0.6 is 0 Å². The number of aliphatic imine (C=N–C) groups is 2. The minimum Gasteiger partial charge on any atom is -0.488 e. The molecule has 0 bridgehead atoms. The molecule has 2 fully saturated rings. The summed E-state index contributed by atoms with van der Waals surface area (Å²) in [6.45, 7) is 12.8. The van der Waals surface area contributed by atoms with Crippen LogP contribution in [0.1, 0.15) is 44.0 Å². The van der Waals surface area contributed by atoms with Gasteiger partial charge < -0.3 is 19.7 Å². The Kier molecular flexibility index (Phi) is 7.54. The highest BCUT2D eigenvalue weighted by Gasteiger charge is 2.25. The predicted octanol–water partition coefficient (Wildman–Crippen LogP) is 4.79. The number of aryl methyl sites for hydroxylation is 2. The number of benzene rings is 1. The van der Waals surface area contributed by atoms with Crippen LogP contribution < -0.4 is 15.0 Å². The van der Waals surface area contributed by atoms with Crippen molar-refractivity contribution in [2.24, 2.45) is 9.98 Å². The van der Waals surface area contributed by atoms with E-state index in [0.717, 1.165) is 86.3 Å². The van der Waals surface area contributed by atoms with E-state index in [0.29, 0.717) is 11.7 Å². The number of hydrogen-bond acceptors (Lipinski definition) is 8. The van der Waals surface area contributed by atoms with E-state index in [1.807, 2.05) is 20.8 Å². The van der Waals surface area contributed by atoms with Crippen molar-refractivity contribution in [3.63, 3.8) is 0 Å². The van der Waals surface area contributed by atoms with E-state index in [2.05, 4.69) is 49.0 Å². The van der Waals surface area contributed by atoms with Crippen LogP contribution in [0.15, 0.2) is 28.3 Å². The van der Waals surface area contributed by atoms with Crippen LogP contribution in [0.5, 0.6) is 5.75 Å². The molecule has 2 aliphatic rings. The highest BCUT2D eigenvalue weighted by Crippen LogP contribution is 2.43. The van der Waals surface area contributed by atoms with Gasteiger partial charge in [-0.3, -0.25) is 15.0 Å². The summed E-state index contributed by atoms with van der Waals surface area (Å²) in [6.07, 6.45) is 7.66. The quantitative estimate of drug-likeness (QED) is 0.611. The molecule has 2 heterocycles. The van der Waals surface area contributed by atoms with E-state index in [1.165, 1.54) is 0 Å². The highest BCUT2D eigenvalue weighted by molar-refractivity contribution is 5.80. The Hall–Kier alpha value is -3.00. The van der Waals surface area contributed by atoms with Gasteiger partial charge in [0.1, 0.15) is 17.3 Å². The normalized spacial score (nSPS) is 21.2. The average molecular weight is 451 g/mol. The van der Waals surface area contributed by atoms with Crippen molar-refractivity contribution in [2.45, 2.75) is 58.6 Å². The van der Waals surface area contributed by atoms with Crippen LogP contribution in [0, 0.1) is 13.8 Å². The van der Waals surface area contributed by atoms with Gasteiger partial charge in [-0.05, 0) is 59.2 Å². The third-order valence-electron chi connectivity index (χ3n) is 6.23. The number of nitrogens with zero attached hydrogens (tertiary/aromatic N) is 5. The molecule has 1 aromatic carbocycles. The second kappa shape index (κ2) is 10.7. The number of rotatable bonds is 7. The number of aromatic nitrogens is 2. The summed E-state index contributed by atoms with van der Waals surface area (Å²) in [5.41, 5.74) is 4.44. The van der Waals surface area contributed by atoms with Crippen LogP contribution in [-0.2, 0) is 4.74 Å². The zero-order valence-corrected chi connectivity index (χ0v) is 19.9. The second-order valence-corrected chi connectivity index (χ2v) is 8.64. The first-order valence-corrected chi connectivity index (χ1v) is 11.8. The molecule has 8 heteroatoms. The largest absolute Gasteiger partial charge is 0.488 e. The van der Waals surface area contributed by atoms with Gasteiger partial charge in [-0.1, -0.05) is 0 Å². The number of hydrogen-bond donors (Lipinski definition) is 1. The smallest absolute Gasteiger partial charge is 0.149 e. The lowest BCUT2D eigenvalue weighted by molar-refractivity contribution is 0.122. The summed E-state index contributed by atoms with van der Waals surface area (Å²) >= 11 is 0. The van der Waals surface area contributed by atoms with Gasteiger partial charge in [0, 0.05) is 43.3 Å². The van der Waals surface area contributed by atoms with E-state index in [9.17, 15) is 0 Å². The van der Waals surface area contributed by atoms with Crippen molar-refractivity contribution in [1.29, 1.82) is 0 Å². The zero-order chi connectivity index (χ0) is 23.2. The maximum Gasteiger partial charge on any atom is 0.149 e. The number of ether oxygens (including phenoxy) is 2. The Labute approximate surface area is 196 Å². The molecule has 0 amide bonds. The van der Waals surface area contributed by atoms with E-state index in [1.54, 1.807) is 12.4 Å². The summed E-state index contributed by atoms with van der Waals surface area (Å²) < 4.78 is 12.0. The van der Waals surface area contributed by atoms with Crippen LogP contribution in [0.25, 0.3) is 0 Å². The third-order valence-corrected chi connectivity index (χ3v) is 6.23. The molecular weight excluding hydrogens is 416 g/mol. The first-order valence-electron chi connectivity index (χ1n) is 11.8. The Morgan fingerprint density at radius 3 is 2.64 bits per heavy atom. The van der Waals surface area contributed by atoms with Crippen molar-refractivity contribution in [1.82, 2.24) is 9.97 Å². The van der Waals surface area contributed by atoms with Gasteiger partial charge in [0.05, 0.1) is 36.4 Å². The van der Waals surface area contributed by atoms with Gasteiger partial charge in [-0.2, -0.15) is 0 Å². The Morgan fingerprint density at radius 1 is 1.18 bits per heavy atom. The number of anilines is 2. The van der Waals surface area contributed by atoms with Crippen LogP contribution in [0.4, 0.5) is 22.9 Å². The van der Waals surface area contributed by atoms with Crippen molar-refractivity contribution in [3.8, 4) is 5.75 Å². The molecular formula is C25H34N6O2. The van der Waals surface area contributed by atoms with E-state index in [-0.39, 0.29) is 6.10 Å². The predicted molar refractivity (Wildman–Crippen MR) is 134 cm³/mol. The first kappa shape index (κ1) is 23.2. The molecule has 8 nitrogen and oxygen atoms in total. The van der Waals surface area contributed by atoms with Gasteiger partial charge >= 0.3 is 0 Å². The minimum absolute atomic E-state index is 0.131. The molecule has 1 aliphatic carbocycles. The van der Waals surface area contributed by atoms with Gasteiger partial charge in [0.2, 0.25) is 0 Å². The van der Waals surface area contributed by atoms with Crippen molar-refractivity contribution in [2.75, 3.05) is 36.5 Å². The molecule has 4 rings (SSSR count). The molecule has 1 saturated heterocycles. The molecule has 0 spiro atoms. The lowest BCUT2D eigenvalue weighted by Crippen LogP contribution is -2.36. The van der Waals surface area contributed by atoms with Gasteiger partial charge in [0.25, 0.3) is 0 Å². The molecule has 33 heavy (non-hydrogen) atoms. The second-order valence-electron chi connectivity index (χ2n) is 8.64. The minimum atomic E-state index is 0.131. The van der Waals surface area contributed by atoms with E-state index in [4.69, 9.17) is 9.47 Å². The molecule has 2 aromatic rings. The molecule has 1 N–H and O–H groups in total. The van der Waals surface area contributed by atoms with Crippen LogP contribution in [-0.4, -0.2) is 61.3 Å². The average Bonchev–Trinajstić information content (AvgIpc) is 2.83. The topological polar surface area (TPSA) is 84.2 Å². The molecule has 176 valence electrons. The zero-order valence-electron chi connectivity index (χ0n) is 19.9. The van der Waals surface area contributed by atoms with Crippen LogP contribution in [0.3, 0.4) is 0 Å². The monoisotopic (exact) mass is 450 g/mol. The summed E-state index contributed by atoms with van der Waals surface area (Å²) in [5, 5.41) is 3.58. The lowest BCUT2D eigenvalue weighted by Gasteiger charge is -2.32. The summed E-state index contributed by atoms with van der Waals surface area (Å²) in [7, 11) is 0. The highest BCUT2D eigenvalue weighted by atomic mass is 16.5. The van der Waals surface area contributed by atoms with Crippen LogP contribution in [0.2, 0.25) is 0 Å². The van der Waals surface area contributed by atoms with Crippen molar-refractivity contribution < 1.29 is 9.47 Å². The van der Waals surface area contributed by atoms with Gasteiger partial charge in [0.15, 0.2) is 0 Å². The maximum atomic E-state index is 6.52. The lowest BCUT2D eigenvalue weighted by atomic mass is 9.93. The fraction of sp³-hybridized carbons (Fsp3) is 0.520. The fourth-order valence-corrected chi connectivity index (χ4v) is 4.44. The Morgan fingerprint density at radius 2 is 1.94 bits per heavy atom. The molecule has 0 unspecified atom stereocenters. The fourth-order valence-electron chi connectivity index (χ4n) is 4.44. The Balaban J connectivity index is 1.46. The molecule has 1 aliphatic heterocycles. The molecule has 0 atom stereocenters. The van der Waals surface area contributed by atoms with E-state index < -0.39 is 0 Å². The summed E-state index contributed by atoms with van der Waals surface area (Å²) in [5.74, 6) is 1.64. The summed E-state index contributed by atoms with van der Waals surface area (Å²) in [4.78, 5) is 20.1. The van der Waals surface area contributed by atoms with Crippen molar-refractivity contribution >= 4 is 35.8 Å². The van der Waals surface area contributed by atoms with Crippen molar-refractivity contribution in [3.05, 3.63) is 29.7 Å². The van der Waals surface area contributed by atoms with Gasteiger partial charge in [-0.15, -0.1) is 0 Å². The standard InChI is InChI=1S/C25H34N6O2/c1-5-27-22-14-20(31-10-12-32-13-11-31)15-23(24(22)26-4)33-21-8-6-19(7-9-21)30-25-18(3)28-16-17(2)29-25/h5,14-16,19,21H,4,6-13H2,1-3H3,(H,29,30). The SMILES string of the molecule is C=Nc1c(N=CC)cc(N2CCOCC2)cc1OC1CCC(Nc2nc(C)cnc2C)CC1. The molecule has 1 aromatic heterocycles. The molecule has 1 saturated carbocycles. The number of morpholine rings is 1. The molecule has 0 radical (unpaired) electrons. The maximum absolute atomic E-state index is 6.52. The first-order chi connectivity index (χ1) is 16.1. The summed E-state index contributed by atoms with van der Waals surface area (Å²) in [6, 6.07) is 4.52. The number of nitrogens with one attached hydrogen (secondary N) is 1.